The maximum absolute atomic E-state index is 9.31. The molecule has 2 nitrogen and oxygen atoms in total. The molecule has 1 radical (unpaired) electrons. The van der Waals surface area contributed by atoms with Gasteiger partial charge < -0.3 is 5.11 Å². The van der Waals surface area contributed by atoms with Crippen LogP contribution in [0.15, 0.2) is 36.5 Å². The van der Waals surface area contributed by atoms with Crippen LogP contribution in [-0.2, 0) is 17.1 Å². The summed E-state index contributed by atoms with van der Waals surface area (Å²) < 4.78 is 0. The van der Waals surface area contributed by atoms with Crippen LogP contribution in [0.25, 0.3) is 10.9 Å². The zero-order chi connectivity index (χ0) is 7.68. The Hall–Kier alpha value is -1.05. The number of fused-ring (bicyclic) bond motifs is 1. The van der Waals surface area contributed by atoms with E-state index in [0.717, 1.165) is 5.39 Å². The number of phenolic OH excluding ortho intramolecular Hbond substituents is 1. The molecule has 0 spiro atoms. The second-order valence-electron chi connectivity index (χ2n) is 2.35. The molecule has 1 aromatic heterocycles. The summed E-state index contributed by atoms with van der Waals surface area (Å²) in [7, 11) is 0. The topological polar surface area (TPSA) is 33.1 Å². The van der Waals surface area contributed by atoms with Crippen LogP contribution in [0.3, 0.4) is 0 Å². The maximum atomic E-state index is 9.31. The molecule has 0 amide bonds. The Morgan fingerprint density at radius 1 is 1.08 bits per heavy atom. The maximum Gasteiger partial charge on any atom is 0.141 e. The van der Waals surface area contributed by atoms with Crippen molar-refractivity contribution in [1.29, 1.82) is 0 Å². The van der Waals surface area contributed by atoms with Crippen molar-refractivity contribution < 1.29 is 22.2 Å². The van der Waals surface area contributed by atoms with Crippen LogP contribution < -0.4 is 0 Å². The fourth-order valence-electron chi connectivity index (χ4n) is 1.09. The molecule has 0 saturated heterocycles. The average molecular weight is 200 g/mol. The summed E-state index contributed by atoms with van der Waals surface area (Å²) in [5, 5.41) is 10.3. The van der Waals surface area contributed by atoms with E-state index in [1.807, 2.05) is 18.2 Å². The fourth-order valence-corrected chi connectivity index (χ4v) is 1.09. The average Bonchev–Trinajstić information content (AvgIpc) is 2.06. The zero-order valence-corrected chi connectivity index (χ0v) is 7.42. The minimum atomic E-state index is 0. The first-order chi connectivity index (χ1) is 5.38. The molecule has 0 unspecified atom stereocenters. The van der Waals surface area contributed by atoms with Crippen molar-refractivity contribution in [2.45, 2.75) is 0 Å². The number of hydrogen-bond acceptors (Lipinski definition) is 2. The molecule has 61 valence electrons. The molecule has 0 bridgehead atoms. The molecule has 12 heavy (non-hydrogen) atoms. The number of rotatable bonds is 0. The third-order valence-electron chi connectivity index (χ3n) is 1.61. The van der Waals surface area contributed by atoms with Gasteiger partial charge in [-0.1, -0.05) is 18.2 Å². The van der Waals surface area contributed by atoms with Gasteiger partial charge in [-0.15, -0.1) is 0 Å². The van der Waals surface area contributed by atoms with Crippen molar-refractivity contribution in [3.05, 3.63) is 36.5 Å². The monoisotopic (exact) mass is 200 g/mol. The van der Waals surface area contributed by atoms with Gasteiger partial charge >= 0.3 is 0 Å². The van der Waals surface area contributed by atoms with Gasteiger partial charge in [-0.05, 0) is 12.1 Å². The van der Waals surface area contributed by atoms with Gasteiger partial charge in [0, 0.05) is 28.7 Å². The summed E-state index contributed by atoms with van der Waals surface area (Å²) in [6.07, 6.45) is 1.67. The summed E-state index contributed by atoms with van der Waals surface area (Å²) in [5.74, 6) is 0.239. The van der Waals surface area contributed by atoms with E-state index in [-0.39, 0.29) is 22.8 Å². The van der Waals surface area contributed by atoms with Crippen LogP contribution in [0, 0.1) is 0 Å². The Kier molecular flexibility index (Phi) is 2.69. The van der Waals surface area contributed by atoms with Gasteiger partial charge in [-0.2, -0.15) is 0 Å². The Bertz CT molecular complexity index is 384. The van der Waals surface area contributed by atoms with Crippen molar-refractivity contribution in [3.8, 4) is 5.75 Å². The summed E-state index contributed by atoms with van der Waals surface area (Å²) in [6.45, 7) is 0. The van der Waals surface area contributed by atoms with Crippen LogP contribution in [-0.4, -0.2) is 10.1 Å². The van der Waals surface area contributed by atoms with Crippen molar-refractivity contribution in [1.82, 2.24) is 4.98 Å². The molecule has 0 aliphatic heterocycles. The quantitative estimate of drug-likeness (QED) is 0.659. The number of aromatic hydroxyl groups is 1. The Morgan fingerprint density at radius 3 is 2.58 bits per heavy atom. The van der Waals surface area contributed by atoms with Crippen LogP contribution in [0.2, 0.25) is 0 Å². The van der Waals surface area contributed by atoms with Gasteiger partial charge in [0.05, 0.1) is 0 Å². The number of benzene rings is 1. The van der Waals surface area contributed by atoms with Crippen LogP contribution >= 0.6 is 0 Å². The third kappa shape index (κ3) is 1.42. The van der Waals surface area contributed by atoms with Crippen LogP contribution in [0.5, 0.6) is 5.75 Å². The number of aromatic nitrogens is 1. The van der Waals surface area contributed by atoms with E-state index < -0.39 is 0 Å². The molecule has 3 heteroatoms. The summed E-state index contributed by atoms with van der Waals surface area (Å²) >= 11 is 0. The predicted octanol–water partition coefficient (Wildman–Crippen LogP) is 1.94. The molecule has 0 aliphatic rings. The number of pyridine rings is 1. The molecule has 0 aliphatic carbocycles. The first kappa shape index (κ1) is 9.04. The molecule has 1 N–H and O–H groups in total. The molecule has 1 heterocycles. The Balaban J connectivity index is 0.000000720. The van der Waals surface area contributed by atoms with Gasteiger partial charge in [0.25, 0.3) is 0 Å². The zero-order valence-electron chi connectivity index (χ0n) is 6.24. The molecule has 2 rings (SSSR count). The van der Waals surface area contributed by atoms with Crippen molar-refractivity contribution >= 4 is 10.9 Å². The second kappa shape index (κ2) is 3.57. The van der Waals surface area contributed by atoms with E-state index in [1.54, 1.807) is 18.3 Å². The van der Waals surface area contributed by atoms with Crippen LogP contribution in [0.1, 0.15) is 0 Å². The number of phenols is 1. The van der Waals surface area contributed by atoms with Gasteiger partial charge in [-0.3, -0.25) is 4.98 Å². The second-order valence-corrected chi connectivity index (χ2v) is 2.35. The normalized spacial score (nSPS) is 9.33. The molecule has 2 aromatic rings. The van der Waals surface area contributed by atoms with Crippen molar-refractivity contribution in [2.75, 3.05) is 0 Å². The summed E-state index contributed by atoms with van der Waals surface area (Å²) in [6, 6.07) is 9.13. The van der Waals surface area contributed by atoms with E-state index in [2.05, 4.69) is 4.98 Å². The summed E-state index contributed by atoms with van der Waals surface area (Å²) in [4.78, 5) is 4.03. The van der Waals surface area contributed by atoms with Gasteiger partial charge in [-0.25, -0.2) is 0 Å². The van der Waals surface area contributed by atoms with E-state index in [1.165, 1.54) is 0 Å². The first-order valence-electron chi connectivity index (χ1n) is 3.40. The minimum Gasteiger partial charge on any atom is -0.506 e. The van der Waals surface area contributed by atoms with Gasteiger partial charge in [0.2, 0.25) is 0 Å². The van der Waals surface area contributed by atoms with E-state index >= 15 is 0 Å². The standard InChI is InChI=1S/C9H7NO.Mn/c11-8-5-1-3-7-4-2-6-10-9(7)8;/h1-6,11H;. The molecular formula is C9H7MnNO. The third-order valence-corrected chi connectivity index (χ3v) is 1.61. The molecule has 0 atom stereocenters. The Morgan fingerprint density at radius 2 is 1.83 bits per heavy atom. The van der Waals surface area contributed by atoms with Crippen LogP contribution in [0.4, 0.5) is 0 Å². The van der Waals surface area contributed by atoms with Gasteiger partial charge in [0.1, 0.15) is 11.3 Å². The molecule has 0 saturated carbocycles. The first-order valence-corrected chi connectivity index (χ1v) is 3.40. The molecule has 0 fully saturated rings. The van der Waals surface area contributed by atoms with E-state index in [9.17, 15) is 5.11 Å². The van der Waals surface area contributed by atoms with E-state index in [4.69, 9.17) is 0 Å². The number of nitrogens with zero attached hydrogens (tertiary/aromatic N) is 1. The van der Waals surface area contributed by atoms with Crippen molar-refractivity contribution in [2.24, 2.45) is 0 Å². The fraction of sp³-hybridized carbons (Fsp3) is 0. The molecular weight excluding hydrogens is 193 g/mol. The number of para-hydroxylation sites is 1. The predicted molar refractivity (Wildman–Crippen MR) is 43.4 cm³/mol. The number of hydrogen-bond donors (Lipinski definition) is 1. The smallest absolute Gasteiger partial charge is 0.141 e. The SMILES string of the molecule is Oc1cccc2cccnc12.[Mn]. The van der Waals surface area contributed by atoms with Gasteiger partial charge in [0.15, 0.2) is 0 Å². The molecule has 1 aromatic carbocycles. The summed E-state index contributed by atoms with van der Waals surface area (Å²) in [5.41, 5.74) is 0.662. The van der Waals surface area contributed by atoms with Crippen molar-refractivity contribution in [3.63, 3.8) is 0 Å². The van der Waals surface area contributed by atoms with E-state index in [0.29, 0.717) is 5.52 Å². The largest absolute Gasteiger partial charge is 0.506 e. The Labute approximate surface area is 80.7 Å². The minimum absolute atomic E-state index is 0.